The number of benzene rings is 1. The predicted molar refractivity (Wildman–Crippen MR) is 63.5 cm³/mol. The quantitative estimate of drug-likeness (QED) is 0.479. The molecule has 0 aliphatic carbocycles. The summed E-state index contributed by atoms with van der Waals surface area (Å²) in [5.74, 6) is 1.06. The fraction of sp³-hybridized carbons (Fsp3) is 0.455. The van der Waals surface area contributed by atoms with E-state index in [0.29, 0.717) is 37.9 Å². The highest BCUT2D eigenvalue weighted by atomic mass is 16.6. The molecule has 1 N–H and O–H groups in total. The number of hydrogen-bond donors (Lipinski definition) is 1. The molecule has 0 unspecified atom stereocenters. The molecule has 7 nitrogen and oxygen atoms in total. The van der Waals surface area contributed by atoms with Crippen LogP contribution < -0.4 is 19.5 Å². The zero-order valence-corrected chi connectivity index (χ0v) is 9.97. The van der Waals surface area contributed by atoms with E-state index in [2.05, 4.69) is 5.32 Å². The summed E-state index contributed by atoms with van der Waals surface area (Å²) in [6.07, 6.45) is 0. The van der Waals surface area contributed by atoms with Gasteiger partial charge < -0.3 is 19.5 Å². The van der Waals surface area contributed by atoms with Crippen LogP contribution >= 0.6 is 0 Å². The molecule has 0 saturated heterocycles. The Balaban J connectivity index is 2.27. The van der Waals surface area contributed by atoms with E-state index >= 15 is 0 Å². The van der Waals surface area contributed by atoms with Gasteiger partial charge in [0.1, 0.15) is 19.8 Å². The number of nitrogens with one attached hydrogen (secondary N) is 1. The lowest BCUT2D eigenvalue weighted by molar-refractivity contribution is -0.386. The van der Waals surface area contributed by atoms with Crippen LogP contribution in [-0.4, -0.2) is 38.3 Å². The largest absolute Gasteiger partial charge is 0.486 e. The highest BCUT2D eigenvalue weighted by molar-refractivity contribution is 5.58. The standard InChI is InChI=1S/C11H14N2O5/c1-12-2-3-16-9-7-11-10(17-4-5-18-11)6-8(9)13(14)15/h6-7,12H,2-5H2,1H3. The molecule has 0 atom stereocenters. The van der Waals surface area contributed by atoms with Crippen molar-refractivity contribution in [2.24, 2.45) is 0 Å². The van der Waals surface area contributed by atoms with Crippen LogP contribution in [0.3, 0.4) is 0 Å². The molecule has 0 bridgehead atoms. The Bertz CT molecular complexity index is 449. The van der Waals surface area contributed by atoms with Crippen molar-refractivity contribution in [3.8, 4) is 17.2 Å². The Labute approximate surface area is 104 Å². The SMILES string of the molecule is CNCCOc1cc2c(cc1[N+](=O)[O-])OCCO2. The number of nitro groups is 1. The molecule has 0 fully saturated rings. The number of ether oxygens (including phenoxy) is 3. The van der Waals surface area contributed by atoms with Crippen molar-refractivity contribution in [1.29, 1.82) is 0 Å². The molecule has 1 aromatic rings. The average Bonchev–Trinajstić information content (AvgIpc) is 2.38. The summed E-state index contributed by atoms with van der Waals surface area (Å²) in [4.78, 5) is 10.5. The molecule has 98 valence electrons. The number of hydrogen-bond acceptors (Lipinski definition) is 6. The molecule has 1 aliphatic rings. The lowest BCUT2D eigenvalue weighted by atomic mass is 10.2. The van der Waals surface area contributed by atoms with E-state index in [1.807, 2.05) is 0 Å². The van der Waals surface area contributed by atoms with Gasteiger partial charge in [-0.25, -0.2) is 0 Å². The van der Waals surface area contributed by atoms with Crippen molar-refractivity contribution >= 4 is 5.69 Å². The van der Waals surface area contributed by atoms with Gasteiger partial charge in [-0.05, 0) is 7.05 Å². The van der Waals surface area contributed by atoms with Crippen LogP contribution in [0.2, 0.25) is 0 Å². The molecular formula is C11H14N2O5. The summed E-state index contributed by atoms with van der Waals surface area (Å²) in [5.41, 5.74) is -0.115. The van der Waals surface area contributed by atoms with Crippen molar-refractivity contribution in [2.75, 3.05) is 33.4 Å². The number of nitrogens with zero attached hydrogens (tertiary/aromatic N) is 1. The van der Waals surface area contributed by atoms with Gasteiger partial charge in [-0.2, -0.15) is 0 Å². The summed E-state index contributed by atoms with van der Waals surface area (Å²) < 4.78 is 16.0. The zero-order valence-electron chi connectivity index (χ0n) is 9.97. The van der Waals surface area contributed by atoms with Crippen LogP contribution in [0.25, 0.3) is 0 Å². The maximum absolute atomic E-state index is 11.0. The van der Waals surface area contributed by atoms with E-state index in [4.69, 9.17) is 14.2 Å². The molecule has 7 heteroatoms. The van der Waals surface area contributed by atoms with Gasteiger partial charge in [-0.3, -0.25) is 10.1 Å². The van der Waals surface area contributed by atoms with Crippen molar-refractivity contribution in [3.05, 3.63) is 22.2 Å². The minimum atomic E-state index is -0.493. The van der Waals surface area contributed by atoms with Gasteiger partial charge in [-0.1, -0.05) is 0 Å². The predicted octanol–water partition coefficient (Wildman–Crippen LogP) is 0.964. The van der Waals surface area contributed by atoms with Gasteiger partial charge in [-0.15, -0.1) is 0 Å². The summed E-state index contributed by atoms with van der Waals surface area (Å²) in [6, 6.07) is 2.84. The van der Waals surface area contributed by atoms with E-state index < -0.39 is 4.92 Å². The molecule has 18 heavy (non-hydrogen) atoms. The van der Waals surface area contributed by atoms with Crippen LogP contribution in [0.5, 0.6) is 17.2 Å². The minimum Gasteiger partial charge on any atom is -0.486 e. The first-order valence-corrected chi connectivity index (χ1v) is 5.58. The summed E-state index contributed by atoms with van der Waals surface area (Å²) >= 11 is 0. The molecule has 0 spiro atoms. The average molecular weight is 254 g/mol. The van der Waals surface area contributed by atoms with Crippen LogP contribution in [-0.2, 0) is 0 Å². The normalized spacial score (nSPS) is 13.2. The molecule has 0 aromatic heterocycles. The maximum atomic E-state index is 11.0. The molecular weight excluding hydrogens is 240 g/mol. The molecule has 1 heterocycles. The van der Waals surface area contributed by atoms with E-state index in [9.17, 15) is 10.1 Å². The Morgan fingerprint density at radius 3 is 2.67 bits per heavy atom. The van der Waals surface area contributed by atoms with Gasteiger partial charge >= 0.3 is 5.69 Å². The molecule has 1 aliphatic heterocycles. The molecule has 0 radical (unpaired) electrons. The highest BCUT2D eigenvalue weighted by Crippen LogP contribution is 2.40. The highest BCUT2D eigenvalue weighted by Gasteiger charge is 2.23. The van der Waals surface area contributed by atoms with Crippen LogP contribution in [0.4, 0.5) is 5.69 Å². The van der Waals surface area contributed by atoms with Crippen LogP contribution in [0.1, 0.15) is 0 Å². The lowest BCUT2D eigenvalue weighted by Gasteiger charge is -2.19. The summed E-state index contributed by atoms with van der Waals surface area (Å²) in [7, 11) is 1.78. The first-order valence-electron chi connectivity index (χ1n) is 5.58. The van der Waals surface area contributed by atoms with Gasteiger partial charge in [0.05, 0.1) is 11.0 Å². The van der Waals surface area contributed by atoms with Crippen molar-refractivity contribution in [1.82, 2.24) is 5.32 Å². The topological polar surface area (TPSA) is 82.9 Å². The van der Waals surface area contributed by atoms with Crippen LogP contribution in [0.15, 0.2) is 12.1 Å². The Morgan fingerprint density at radius 2 is 2.06 bits per heavy atom. The van der Waals surface area contributed by atoms with Crippen molar-refractivity contribution in [2.45, 2.75) is 0 Å². The van der Waals surface area contributed by atoms with Crippen molar-refractivity contribution < 1.29 is 19.1 Å². The third-order valence-corrected chi connectivity index (χ3v) is 2.43. The zero-order chi connectivity index (χ0) is 13.0. The maximum Gasteiger partial charge on any atom is 0.314 e. The first-order chi connectivity index (χ1) is 8.72. The van der Waals surface area contributed by atoms with Gasteiger partial charge in [0, 0.05) is 12.6 Å². The first kappa shape index (κ1) is 12.4. The number of nitro benzene ring substituents is 1. The fourth-order valence-corrected chi connectivity index (χ4v) is 1.58. The molecule has 0 saturated carbocycles. The molecule has 0 amide bonds. The number of fused-ring (bicyclic) bond motifs is 1. The van der Waals surface area contributed by atoms with E-state index in [0.717, 1.165) is 0 Å². The second-order valence-corrected chi connectivity index (χ2v) is 3.67. The monoisotopic (exact) mass is 254 g/mol. The fourth-order valence-electron chi connectivity index (χ4n) is 1.58. The summed E-state index contributed by atoms with van der Waals surface area (Å²) in [6.45, 7) is 1.77. The van der Waals surface area contributed by atoms with Gasteiger partial charge in [0.25, 0.3) is 0 Å². The molecule has 2 rings (SSSR count). The van der Waals surface area contributed by atoms with Crippen LogP contribution in [0, 0.1) is 10.1 Å². The van der Waals surface area contributed by atoms with Gasteiger partial charge in [0.2, 0.25) is 5.75 Å². The Kier molecular flexibility index (Phi) is 3.83. The second-order valence-electron chi connectivity index (χ2n) is 3.67. The smallest absolute Gasteiger partial charge is 0.314 e. The number of likely N-dealkylation sites (N-methyl/N-ethyl adjacent to an activating group) is 1. The van der Waals surface area contributed by atoms with E-state index in [1.165, 1.54) is 12.1 Å². The summed E-state index contributed by atoms with van der Waals surface area (Å²) in [5, 5.41) is 13.9. The Morgan fingerprint density at radius 1 is 1.39 bits per heavy atom. The van der Waals surface area contributed by atoms with Crippen molar-refractivity contribution in [3.63, 3.8) is 0 Å². The second kappa shape index (κ2) is 5.54. The number of rotatable bonds is 5. The van der Waals surface area contributed by atoms with E-state index in [-0.39, 0.29) is 11.4 Å². The van der Waals surface area contributed by atoms with E-state index in [1.54, 1.807) is 7.05 Å². The third-order valence-electron chi connectivity index (χ3n) is 2.43. The van der Waals surface area contributed by atoms with Gasteiger partial charge in [0.15, 0.2) is 11.5 Å². The minimum absolute atomic E-state index is 0.115. The third kappa shape index (κ3) is 2.62. The lowest BCUT2D eigenvalue weighted by Crippen LogP contribution is -2.18. The Hall–Kier alpha value is -2.02. The molecule has 1 aromatic carbocycles.